The molecule has 0 bridgehead atoms. The minimum atomic E-state index is -0.499. The van der Waals surface area contributed by atoms with Gasteiger partial charge in [-0.15, -0.1) is 0 Å². The Morgan fingerprint density at radius 3 is 2.58 bits per heavy atom. The summed E-state index contributed by atoms with van der Waals surface area (Å²) in [5.41, 5.74) is 13.8. The third-order valence-corrected chi connectivity index (χ3v) is 2.88. The number of hydrogen-bond donors (Lipinski definition) is 2. The van der Waals surface area contributed by atoms with E-state index in [0.29, 0.717) is 17.8 Å². The zero-order chi connectivity index (χ0) is 13.8. The van der Waals surface area contributed by atoms with Crippen LogP contribution in [0.4, 0.5) is 5.69 Å². The number of nitriles is 1. The van der Waals surface area contributed by atoms with Gasteiger partial charge in [0.1, 0.15) is 18.3 Å². The number of benzene rings is 1. The van der Waals surface area contributed by atoms with Crippen LogP contribution in [0.2, 0.25) is 0 Å². The predicted octanol–water partition coefficient (Wildman–Crippen LogP) is 1.02. The number of nitrogen functional groups attached to an aromatic ring is 1. The number of nitrogens with zero attached hydrogens (tertiary/aromatic N) is 2. The van der Waals surface area contributed by atoms with Crippen LogP contribution in [0.5, 0.6) is 0 Å². The summed E-state index contributed by atoms with van der Waals surface area (Å²) in [6.45, 7) is -0.0394. The Morgan fingerprint density at radius 1 is 1.32 bits per heavy atom. The van der Waals surface area contributed by atoms with E-state index in [1.165, 1.54) is 0 Å². The van der Waals surface area contributed by atoms with Crippen LogP contribution < -0.4 is 11.5 Å². The number of nitrogens with two attached hydrogens (primary N) is 2. The fourth-order valence-corrected chi connectivity index (χ4v) is 2.03. The maximum absolute atomic E-state index is 11.1. The molecule has 1 aromatic heterocycles. The van der Waals surface area contributed by atoms with E-state index in [0.717, 1.165) is 11.3 Å². The van der Waals surface area contributed by atoms with Crippen LogP contribution in [-0.2, 0) is 17.8 Å². The number of rotatable bonds is 4. The molecule has 2 aromatic rings. The van der Waals surface area contributed by atoms with Crippen LogP contribution in [0, 0.1) is 11.3 Å². The Kier molecular flexibility index (Phi) is 3.53. The Balaban J connectivity index is 2.41. The fourth-order valence-electron chi connectivity index (χ4n) is 2.03. The van der Waals surface area contributed by atoms with Gasteiger partial charge in [0, 0.05) is 12.1 Å². The van der Waals surface area contributed by atoms with Gasteiger partial charge in [-0.05, 0) is 11.6 Å². The Bertz CT molecular complexity index is 637. The zero-order valence-corrected chi connectivity index (χ0v) is 10.3. The molecule has 1 amide bonds. The highest BCUT2D eigenvalue weighted by Gasteiger charge is 2.14. The highest BCUT2D eigenvalue weighted by molar-refractivity contribution is 5.74. The molecule has 0 unspecified atom stereocenters. The maximum Gasteiger partial charge on any atom is 0.237 e. The standard InChI is InChI=1S/C14H14N4O/c15-8-11-7-12(16)13(18(11)9-14(17)19)6-10-4-2-1-3-5-10/h1-5,7H,6,9,16H2,(H2,17,19). The van der Waals surface area contributed by atoms with Crippen molar-refractivity contribution in [3.05, 3.63) is 53.3 Å². The summed E-state index contributed by atoms with van der Waals surface area (Å²) < 4.78 is 1.57. The molecular weight excluding hydrogens is 240 g/mol. The quantitative estimate of drug-likeness (QED) is 0.852. The number of anilines is 1. The normalized spacial score (nSPS) is 10.1. The van der Waals surface area contributed by atoms with Gasteiger partial charge < -0.3 is 16.0 Å². The molecular formula is C14H14N4O. The highest BCUT2D eigenvalue weighted by atomic mass is 16.1. The van der Waals surface area contributed by atoms with E-state index in [9.17, 15) is 4.79 Å². The van der Waals surface area contributed by atoms with Gasteiger partial charge >= 0.3 is 0 Å². The maximum atomic E-state index is 11.1. The van der Waals surface area contributed by atoms with Crippen molar-refractivity contribution in [3.63, 3.8) is 0 Å². The molecule has 1 aromatic carbocycles. The number of amides is 1. The molecule has 0 saturated carbocycles. The van der Waals surface area contributed by atoms with Crippen molar-refractivity contribution in [1.82, 2.24) is 4.57 Å². The largest absolute Gasteiger partial charge is 0.397 e. The number of aromatic nitrogens is 1. The lowest BCUT2D eigenvalue weighted by atomic mass is 10.1. The first-order valence-corrected chi connectivity index (χ1v) is 5.82. The van der Waals surface area contributed by atoms with Crippen molar-refractivity contribution in [3.8, 4) is 6.07 Å². The average Bonchev–Trinajstić information content (AvgIpc) is 2.67. The van der Waals surface area contributed by atoms with Gasteiger partial charge in [0.15, 0.2) is 0 Å². The molecule has 0 fully saturated rings. The van der Waals surface area contributed by atoms with Crippen molar-refractivity contribution < 1.29 is 4.79 Å². The zero-order valence-electron chi connectivity index (χ0n) is 10.3. The molecule has 5 heteroatoms. The van der Waals surface area contributed by atoms with Crippen molar-refractivity contribution >= 4 is 11.6 Å². The van der Waals surface area contributed by atoms with E-state index in [1.807, 2.05) is 36.4 Å². The van der Waals surface area contributed by atoms with E-state index in [2.05, 4.69) is 0 Å². The first-order chi connectivity index (χ1) is 9.11. The minimum absolute atomic E-state index is 0.0394. The molecule has 0 aliphatic carbocycles. The van der Waals surface area contributed by atoms with Gasteiger partial charge in [-0.2, -0.15) is 5.26 Å². The molecule has 2 rings (SSSR count). The van der Waals surface area contributed by atoms with Crippen molar-refractivity contribution in [2.75, 3.05) is 5.73 Å². The number of carbonyl (C=O) groups is 1. The number of primary amides is 1. The van der Waals surface area contributed by atoms with Crippen LogP contribution in [-0.4, -0.2) is 10.5 Å². The number of carbonyl (C=O) groups excluding carboxylic acids is 1. The van der Waals surface area contributed by atoms with Gasteiger partial charge in [0.25, 0.3) is 0 Å². The second-order valence-corrected chi connectivity index (χ2v) is 4.26. The Morgan fingerprint density at radius 2 is 2.00 bits per heavy atom. The summed E-state index contributed by atoms with van der Waals surface area (Å²) in [4.78, 5) is 11.1. The van der Waals surface area contributed by atoms with E-state index < -0.39 is 5.91 Å². The van der Waals surface area contributed by atoms with Gasteiger partial charge in [0.05, 0.1) is 5.69 Å². The molecule has 0 spiro atoms. The molecule has 0 aliphatic heterocycles. The lowest BCUT2D eigenvalue weighted by Crippen LogP contribution is -2.21. The topological polar surface area (TPSA) is 97.8 Å². The van der Waals surface area contributed by atoms with E-state index in [-0.39, 0.29) is 6.54 Å². The number of hydrogen-bond acceptors (Lipinski definition) is 3. The summed E-state index contributed by atoms with van der Waals surface area (Å²) in [6, 6.07) is 13.3. The molecule has 0 atom stereocenters. The Labute approximate surface area is 111 Å². The smallest absolute Gasteiger partial charge is 0.237 e. The molecule has 1 heterocycles. The summed E-state index contributed by atoms with van der Waals surface area (Å²) in [7, 11) is 0. The first kappa shape index (κ1) is 12.7. The predicted molar refractivity (Wildman–Crippen MR) is 72.0 cm³/mol. The van der Waals surface area contributed by atoms with Crippen molar-refractivity contribution in [1.29, 1.82) is 5.26 Å². The third kappa shape index (κ3) is 2.75. The molecule has 96 valence electrons. The van der Waals surface area contributed by atoms with Crippen molar-refractivity contribution in [2.24, 2.45) is 5.73 Å². The summed E-state index contributed by atoms with van der Waals surface area (Å²) >= 11 is 0. The third-order valence-electron chi connectivity index (χ3n) is 2.88. The summed E-state index contributed by atoms with van der Waals surface area (Å²) in [5.74, 6) is -0.499. The van der Waals surface area contributed by atoms with Gasteiger partial charge in [0.2, 0.25) is 5.91 Å². The molecule has 0 saturated heterocycles. The summed E-state index contributed by atoms with van der Waals surface area (Å²) in [6.07, 6.45) is 0.557. The van der Waals surface area contributed by atoms with Crippen LogP contribution in [0.25, 0.3) is 0 Å². The molecule has 4 N–H and O–H groups in total. The second kappa shape index (κ2) is 5.27. The van der Waals surface area contributed by atoms with Crippen LogP contribution in [0.3, 0.4) is 0 Å². The van der Waals surface area contributed by atoms with Gasteiger partial charge in [-0.25, -0.2) is 0 Å². The van der Waals surface area contributed by atoms with Gasteiger partial charge in [-0.3, -0.25) is 4.79 Å². The van der Waals surface area contributed by atoms with E-state index >= 15 is 0 Å². The highest BCUT2D eigenvalue weighted by Crippen LogP contribution is 2.21. The average molecular weight is 254 g/mol. The van der Waals surface area contributed by atoms with E-state index in [4.69, 9.17) is 16.7 Å². The minimum Gasteiger partial charge on any atom is -0.397 e. The lowest BCUT2D eigenvalue weighted by Gasteiger charge is -2.09. The molecule has 19 heavy (non-hydrogen) atoms. The van der Waals surface area contributed by atoms with Gasteiger partial charge in [-0.1, -0.05) is 30.3 Å². The van der Waals surface area contributed by atoms with E-state index in [1.54, 1.807) is 10.6 Å². The molecule has 0 aliphatic rings. The molecule has 5 nitrogen and oxygen atoms in total. The first-order valence-electron chi connectivity index (χ1n) is 5.82. The van der Waals surface area contributed by atoms with Crippen LogP contribution in [0.15, 0.2) is 36.4 Å². The SMILES string of the molecule is N#Cc1cc(N)c(Cc2ccccc2)n1CC(N)=O. The lowest BCUT2D eigenvalue weighted by molar-refractivity contribution is -0.118. The van der Waals surface area contributed by atoms with Crippen LogP contribution >= 0.6 is 0 Å². The van der Waals surface area contributed by atoms with Crippen molar-refractivity contribution in [2.45, 2.75) is 13.0 Å². The molecule has 0 radical (unpaired) electrons. The monoisotopic (exact) mass is 254 g/mol. The Hall–Kier alpha value is -2.74. The fraction of sp³-hybridized carbons (Fsp3) is 0.143. The second-order valence-electron chi connectivity index (χ2n) is 4.26. The summed E-state index contributed by atoms with van der Waals surface area (Å²) in [5, 5.41) is 9.06. The van der Waals surface area contributed by atoms with Crippen LogP contribution in [0.1, 0.15) is 17.0 Å².